The van der Waals surface area contributed by atoms with Crippen LogP contribution >= 0.6 is 54.1 Å². The van der Waals surface area contributed by atoms with Gasteiger partial charge in [0, 0.05) is 38.5 Å². The summed E-state index contributed by atoms with van der Waals surface area (Å²) >= 11 is 16.3. The van der Waals surface area contributed by atoms with Crippen molar-refractivity contribution in [2.45, 2.75) is 91.5 Å². The smallest absolute Gasteiger partial charge is 0.493 e. The van der Waals surface area contributed by atoms with E-state index < -0.39 is 8.25 Å². The number of hydrogen-bond acceptors (Lipinski definition) is 11. The van der Waals surface area contributed by atoms with Gasteiger partial charge in [-0.1, -0.05) is 59.6 Å². The van der Waals surface area contributed by atoms with Crippen molar-refractivity contribution in [2.24, 2.45) is 0 Å². The second-order valence-corrected chi connectivity index (χ2v) is 20.0. The molecule has 0 saturated carbocycles. The molecule has 4 aromatic carbocycles. The summed E-state index contributed by atoms with van der Waals surface area (Å²) in [5.74, 6) is 3.17. The van der Waals surface area contributed by atoms with E-state index in [1.165, 1.54) is 0 Å². The Balaban J connectivity index is 0.831. The molecule has 2 aromatic heterocycles. The molecule has 352 valence electrons. The first-order valence-corrected chi connectivity index (χ1v) is 26.4. The van der Waals surface area contributed by atoms with Crippen LogP contribution in [0, 0.1) is 0 Å². The van der Waals surface area contributed by atoms with Crippen molar-refractivity contribution >= 4 is 54.1 Å². The van der Waals surface area contributed by atoms with Crippen molar-refractivity contribution in [3.8, 4) is 43.9 Å². The van der Waals surface area contributed by atoms with E-state index >= 15 is 0 Å². The number of ether oxygens (including phenoxy) is 4. The lowest BCUT2D eigenvalue weighted by molar-refractivity contribution is 0.220. The molecule has 0 amide bonds. The predicted octanol–water partition coefficient (Wildman–Crippen LogP) is 14.4. The third kappa shape index (κ3) is 17.3. The summed E-state index contributed by atoms with van der Waals surface area (Å²) in [5, 5.41) is 12.4. The lowest BCUT2D eigenvalue weighted by atomic mass is 10.1. The van der Waals surface area contributed by atoms with E-state index in [0.29, 0.717) is 73.9 Å². The average molecular weight is 993 g/mol. The maximum atomic E-state index is 12.4. The number of benzene rings is 4. The molecule has 0 aliphatic rings. The highest BCUT2D eigenvalue weighted by molar-refractivity contribution is 7.33. The van der Waals surface area contributed by atoms with Gasteiger partial charge < -0.3 is 29.6 Å². The zero-order valence-corrected chi connectivity index (χ0v) is 42.4. The lowest BCUT2D eigenvalue weighted by Gasteiger charge is -2.14. The van der Waals surface area contributed by atoms with Crippen LogP contribution in [0.25, 0.3) is 20.9 Å². The Kier molecular flexibility index (Phi) is 21.6. The van der Waals surface area contributed by atoms with Crippen LogP contribution in [0.15, 0.2) is 108 Å². The van der Waals surface area contributed by atoms with Crippen molar-refractivity contribution in [1.29, 1.82) is 0 Å². The number of nitrogens with one attached hydrogen (secondary N) is 2. The topological polar surface area (TPSA) is 96.5 Å². The van der Waals surface area contributed by atoms with E-state index in [9.17, 15) is 4.57 Å². The number of halogens is 2. The molecule has 6 aromatic rings. The summed E-state index contributed by atoms with van der Waals surface area (Å²) < 4.78 is 47.5. The fourth-order valence-corrected chi connectivity index (χ4v) is 9.69. The normalized spacial score (nSPS) is 11.4. The van der Waals surface area contributed by atoms with Crippen LogP contribution in [0.5, 0.6) is 23.0 Å². The highest BCUT2D eigenvalue weighted by Crippen LogP contribution is 2.36. The number of hydrogen-bond donors (Lipinski definition) is 2. The van der Waals surface area contributed by atoms with E-state index in [1.807, 2.05) is 52.0 Å². The second-order valence-electron chi connectivity index (χ2n) is 16.3. The largest absolute Gasteiger partial charge is 0.697 e. The summed E-state index contributed by atoms with van der Waals surface area (Å²) in [7, 11) is -2.17. The van der Waals surface area contributed by atoms with Gasteiger partial charge in [0.2, 0.25) is 0 Å². The Bertz CT molecular complexity index is 2220. The molecule has 0 aliphatic carbocycles. The van der Waals surface area contributed by atoms with Crippen LogP contribution < -0.4 is 29.6 Å². The van der Waals surface area contributed by atoms with Crippen molar-refractivity contribution in [3.63, 3.8) is 0 Å². The monoisotopic (exact) mass is 991 g/mol. The molecule has 0 aliphatic heterocycles. The number of thiophene rings is 2. The lowest BCUT2D eigenvalue weighted by Crippen LogP contribution is -2.16. The third-order valence-corrected chi connectivity index (χ3v) is 13.3. The zero-order chi connectivity index (χ0) is 46.5. The molecule has 66 heavy (non-hydrogen) atoms. The Morgan fingerprint density at radius 3 is 1.35 bits per heavy atom. The van der Waals surface area contributed by atoms with Crippen molar-refractivity contribution in [2.75, 3.05) is 39.5 Å². The minimum Gasteiger partial charge on any atom is -0.493 e. The summed E-state index contributed by atoms with van der Waals surface area (Å²) in [5.41, 5.74) is 6.80. The molecule has 6 rings (SSSR count). The zero-order valence-electron chi connectivity index (χ0n) is 38.3. The van der Waals surface area contributed by atoms with Gasteiger partial charge in [-0.2, -0.15) is 0 Å². The molecule has 0 radical (unpaired) electrons. The first kappa shape index (κ1) is 51.4. The minimum atomic E-state index is -2.17. The maximum Gasteiger partial charge on any atom is 0.697 e. The summed E-state index contributed by atoms with van der Waals surface area (Å²) in [6.07, 6.45) is 5.01. The molecule has 0 saturated heterocycles. The van der Waals surface area contributed by atoms with Gasteiger partial charge in [-0.3, -0.25) is 0 Å². The van der Waals surface area contributed by atoms with Gasteiger partial charge in [0.15, 0.2) is 0 Å². The standard InChI is InChI=1S/C52H62Cl2N2O7PS2/c1-37(2)62-49-21-15-39(33-45(49)53)11-5-25-58-47-19-17-41(31-43(47)51-13-7-29-65-51)35-55-23-9-27-60-64(57)61-28-10-24-56-36-42-18-20-48(44(32-42)52-14-8-30-66-52)59-26-6-12-40-16-22-50(46(54)34-40)63-38(3)4/h7-8,13-22,29-34,37-38,55-56H,5-6,9-12,23-28,35-36H2,1-4H3/q+1. The van der Waals surface area contributed by atoms with Crippen molar-refractivity contribution < 1.29 is 32.6 Å². The minimum absolute atomic E-state index is 0.0767. The molecule has 2 N–H and O–H groups in total. The molecule has 0 atom stereocenters. The highest BCUT2D eigenvalue weighted by atomic mass is 35.5. The first-order chi connectivity index (χ1) is 32.1. The first-order valence-electron chi connectivity index (χ1n) is 22.7. The van der Waals surface area contributed by atoms with Gasteiger partial charge in [-0.15, -0.1) is 31.7 Å². The number of aryl methyl sites for hydroxylation is 2. The van der Waals surface area contributed by atoms with E-state index in [1.54, 1.807) is 22.7 Å². The van der Waals surface area contributed by atoms with Crippen LogP contribution in [0.2, 0.25) is 10.0 Å². The fourth-order valence-electron chi connectivity index (χ4n) is 7.07. The van der Waals surface area contributed by atoms with E-state index in [-0.39, 0.29) is 12.2 Å². The average Bonchev–Trinajstić information content (AvgIpc) is 4.05. The van der Waals surface area contributed by atoms with Gasteiger partial charge in [-0.05, 0) is 173 Å². The quantitative estimate of drug-likeness (QED) is 0.0338. The van der Waals surface area contributed by atoms with Crippen LogP contribution in [-0.4, -0.2) is 51.7 Å². The van der Waals surface area contributed by atoms with Gasteiger partial charge >= 0.3 is 8.25 Å². The Labute approximate surface area is 410 Å². The van der Waals surface area contributed by atoms with Crippen LogP contribution in [0.3, 0.4) is 0 Å². The number of rotatable bonds is 30. The fraction of sp³-hybridized carbons (Fsp3) is 0.385. The van der Waals surface area contributed by atoms with Crippen LogP contribution in [0.1, 0.15) is 75.6 Å². The summed E-state index contributed by atoms with van der Waals surface area (Å²) in [6.45, 7) is 12.7. The SMILES string of the molecule is CC(C)Oc1ccc(CCCOc2ccc(CNCCCO[P+](=O)OCCCNCc3ccc(OCCCc4ccc(OC(C)C)c(Cl)c4)c(-c4cccs4)c3)cc2-c2cccs2)cc1Cl. The van der Waals surface area contributed by atoms with E-state index in [4.69, 9.17) is 51.2 Å². The molecule has 0 bridgehead atoms. The summed E-state index contributed by atoms with van der Waals surface area (Å²) in [6, 6.07) is 33.0. The van der Waals surface area contributed by atoms with Crippen LogP contribution in [-0.2, 0) is 39.5 Å². The Hall–Kier alpha value is -4.00. The van der Waals surface area contributed by atoms with Gasteiger partial charge in [0.1, 0.15) is 36.2 Å². The van der Waals surface area contributed by atoms with E-state index in [0.717, 1.165) is 93.4 Å². The molecular formula is C52H62Cl2N2O7PS2+. The van der Waals surface area contributed by atoms with Crippen LogP contribution in [0.4, 0.5) is 0 Å². The van der Waals surface area contributed by atoms with Gasteiger partial charge in [0.25, 0.3) is 0 Å². The predicted molar refractivity (Wildman–Crippen MR) is 274 cm³/mol. The second kappa shape index (κ2) is 27.7. The molecule has 0 unspecified atom stereocenters. The van der Waals surface area contributed by atoms with Crippen molar-refractivity contribution in [3.05, 3.63) is 140 Å². The van der Waals surface area contributed by atoms with Gasteiger partial charge in [-0.25, -0.2) is 0 Å². The molecule has 2 heterocycles. The Morgan fingerprint density at radius 2 is 0.955 bits per heavy atom. The van der Waals surface area contributed by atoms with Gasteiger partial charge in [0.05, 0.1) is 35.5 Å². The molecule has 9 nitrogen and oxygen atoms in total. The molecule has 0 spiro atoms. The molecular weight excluding hydrogens is 931 g/mol. The van der Waals surface area contributed by atoms with E-state index in [2.05, 4.69) is 94.2 Å². The molecule has 14 heteroatoms. The highest BCUT2D eigenvalue weighted by Gasteiger charge is 2.19. The molecule has 0 fully saturated rings. The Morgan fingerprint density at radius 1 is 0.530 bits per heavy atom. The maximum absolute atomic E-state index is 12.4. The summed E-state index contributed by atoms with van der Waals surface area (Å²) in [4.78, 5) is 2.33. The third-order valence-electron chi connectivity index (χ3n) is 10.2. The van der Waals surface area contributed by atoms with Crippen molar-refractivity contribution in [1.82, 2.24) is 10.6 Å².